The summed E-state index contributed by atoms with van der Waals surface area (Å²) in [6, 6.07) is 0. The number of hydrogen-bond acceptors (Lipinski definition) is 6. The van der Waals surface area contributed by atoms with Crippen molar-refractivity contribution in [1.82, 2.24) is 29.3 Å². The normalized spacial score (nSPS) is 15.0. The van der Waals surface area contributed by atoms with Gasteiger partial charge < -0.3 is 4.90 Å². The first-order chi connectivity index (χ1) is 10.9. The fourth-order valence-corrected chi connectivity index (χ4v) is 2.04. The van der Waals surface area contributed by atoms with E-state index in [4.69, 9.17) is 0 Å². The zero-order chi connectivity index (χ0) is 16.6. The van der Waals surface area contributed by atoms with Crippen molar-refractivity contribution < 1.29 is 22.7 Å². The molecule has 0 saturated carbocycles. The van der Waals surface area contributed by atoms with Crippen molar-refractivity contribution in [3.63, 3.8) is 0 Å². The van der Waals surface area contributed by atoms with Crippen LogP contribution in [0.25, 0.3) is 5.65 Å². The van der Waals surface area contributed by atoms with Gasteiger partial charge in [-0.1, -0.05) is 5.21 Å². The van der Waals surface area contributed by atoms with Gasteiger partial charge in [-0.05, 0) is 6.42 Å². The van der Waals surface area contributed by atoms with Crippen LogP contribution in [0.15, 0.2) is 11.1 Å². The molecule has 2 aromatic heterocycles. The summed E-state index contributed by atoms with van der Waals surface area (Å²) >= 11 is 0. The predicted octanol–water partition coefficient (Wildman–Crippen LogP) is -0.332. The van der Waals surface area contributed by atoms with E-state index in [0.29, 0.717) is 17.8 Å². The molecule has 0 radical (unpaired) electrons. The molecule has 12 heteroatoms. The van der Waals surface area contributed by atoms with Crippen LogP contribution in [0.2, 0.25) is 0 Å². The Morgan fingerprint density at radius 2 is 2.09 bits per heavy atom. The molecule has 9 nitrogen and oxygen atoms in total. The Hall–Kier alpha value is -2.50. The highest BCUT2D eigenvalue weighted by Crippen LogP contribution is 2.16. The maximum absolute atomic E-state index is 12.1. The highest BCUT2D eigenvalue weighted by Gasteiger charge is 2.29. The number of hydrogen-bond donors (Lipinski definition) is 0. The molecular weight excluding hydrogens is 321 g/mol. The number of halogens is 3. The summed E-state index contributed by atoms with van der Waals surface area (Å²) in [6.07, 6.45) is -2.79. The summed E-state index contributed by atoms with van der Waals surface area (Å²) in [6.45, 7) is 0.000974. The van der Waals surface area contributed by atoms with Crippen molar-refractivity contribution in [3.05, 3.63) is 22.5 Å². The lowest BCUT2D eigenvalue weighted by atomic mass is 10.2. The minimum absolute atomic E-state index is 0.00649. The average Bonchev–Trinajstić information content (AvgIpc) is 2.82. The number of ether oxygens (including phenoxy) is 1. The van der Waals surface area contributed by atoms with Crippen molar-refractivity contribution in [2.45, 2.75) is 19.3 Å². The predicted molar refractivity (Wildman–Crippen MR) is 67.6 cm³/mol. The second-order valence-corrected chi connectivity index (χ2v) is 4.82. The highest BCUT2D eigenvalue weighted by atomic mass is 19.4. The van der Waals surface area contributed by atoms with Crippen LogP contribution in [0.5, 0.6) is 0 Å². The molecule has 124 valence electrons. The van der Waals surface area contributed by atoms with Gasteiger partial charge in [-0.3, -0.25) is 9.53 Å². The quantitative estimate of drug-likeness (QED) is 0.761. The highest BCUT2D eigenvalue weighted by molar-refractivity contribution is 5.98. The number of fused-ring (bicyclic) bond motifs is 1. The largest absolute Gasteiger partial charge is 0.522 e. The molecule has 1 aliphatic rings. The zero-order valence-corrected chi connectivity index (χ0v) is 11.7. The second-order valence-electron chi connectivity index (χ2n) is 4.82. The van der Waals surface area contributed by atoms with Gasteiger partial charge in [-0.2, -0.15) is 4.68 Å². The van der Waals surface area contributed by atoms with Crippen LogP contribution in [0, 0.1) is 0 Å². The van der Waals surface area contributed by atoms with E-state index in [-0.39, 0.29) is 17.2 Å². The molecule has 2 aromatic rings. The molecular formula is C11H11F3N6O3. The first kappa shape index (κ1) is 15.4. The molecule has 0 N–H and O–H groups in total. The smallest absolute Gasteiger partial charge is 0.337 e. The summed E-state index contributed by atoms with van der Waals surface area (Å²) in [5.41, 5.74) is -0.788. The number of nitrogens with zero attached hydrogens (tertiary/aromatic N) is 6. The van der Waals surface area contributed by atoms with Gasteiger partial charge in [-0.25, -0.2) is 14.2 Å². The van der Waals surface area contributed by atoms with Crippen molar-refractivity contribution in [2.24, 2.45) is 0 Å². The van der Waals surface area contributed by atoms with Gasteiger partial charge in [-0.15, -0.1) is 18.3 Å². The number of carbonyl (C=O) groups excluding carboxylic acids is 1. The zero-order valence-electron chi connectivity index (χ0n) is 11.7. The van der Waals surface area contributed by atoms with E-state index < -0.39 is 25.2 Å². The lowest BCUT2D eigenvalue weighted by Crippen LogP contribution is -2.42. The lowest BCUT2D eigenvalue weighted by Gasteiger charge is -2.29. The van der Waals surface area contributed by atoms with E-state index >= 15 is 0 Å². The minimum Gasteiger partial charge on any atom is -0.337 e. The van der Waals surface area contributed by atoms with E-state index in [1.807, 2.05) is 0 Å². The van der Waals surface area contributed by atoms with E-state index in [1.54, 1.807) is 4.90 Å². The molecule has 3 rings (SSSR count). The monoisotopic (exact) mass is 332 g/mol. The Morgan fingerprint density at radius 1 is 1.35 bits per heavy atom. The van der Waals surface area contributed by atoms with Crippen LogP contribution in [0.3, 0.4) is 0 Å². The summed E-state index contributed by atoms with van der Waals surface area (Å²) in [7, 11) is 0. The molecule has 0 spiro atoms. The molecule has 23 heavy (non-hydrogen) atoms. The Morgan fingerprint density at radius 3 is 2.70 bits per heavy atom. The van der Waals surface area contributed by atoms with Crippen molar-refractivity contribution in [3.8, 4) is 0 Å². The molecule has 1 aliphatic heterocycles. The van der Waals surface area contributed by atoms with E-state index in [1.165, 1.54) is 0 Å². The summed E-state index contributed by atoms with van der Waals surface area (Å²) in [4.78, 5) is 29.6. The summed E-state index contributed by atoms with van der Waals surface area (Å²) in [5, 5.41) is 7.23. The molecule has 1 fully saturated rings. The lowest BCUT2D eigenvalue weighted by molar-refractivity contribution is -0.325. The van der Waals surface area contributed by atoms with Crippen LogP contribution in [-0.4, -0.2) is 61.2 Å². The van der Waals surface area contributed by atoms with Gasteiger partial charge in [0, 0.05) is 13.1 Å². The first-order valence-corrected chi connectivity index (χ1v) is 6.67. The number of likely N-dealkylation sites (tertiary alicyclic amines) is 1. The maximum atomic E-state index is 12.1. The van der Waals surface area contributed by atoms with Crippen molar-refractivity contribution >= 4 is 11.6 Å². The number of alkyl halides is 3. The summed E-state index contributed by atoms with van der Waals surface area (Å²) < 4.78 is 41.0. The third kappa shape index (κ3) is 3.02. The molecule has 0 aromatic carbocycles. The van der Waals surface area contributed by atoms with Gasteiger partial charge in [0.2, 0.25) is 0 Å². The standard InChI is InChI=1S/C11H11F3N6O3/c12-11(13,14)23-5-4-20-10(22)19-6-15-7(8(19)16-17-20)9(21)18-2-1-3-18/h6H,1-5H2. The molecule has 1 saturated heterocycles. The Labute approximate surface area is 126 Å². The maximum Gasteiger partial charge on any atom is 0.522 e. The van der Waals surface area contributed by atoms with Gasteiger partial charge in [0.05, 0.1) is 13.2 Å². The SMILES string of the molecule is O=C(c1ncn2c(=O)n(CCOC(F)(F)F)nnc12)N1CCC1. The average molecular weight is 332 g/mol. The van der Waals surface area contributed by atoms with Crippen LogP contribution in [0.1, 0.15) is 16.9 Å². The van der Waals surface area contributed by atoms with Crippen LogP contribution >= 0.6 is 0 Å². The molecule has 1 amide bonds. The van der Waals surface area contributed by atoms with Crippen molar-refractivity contribution in [1.29, 1.82) is 0 Å². The summed E-state index contributed by atoms with van der Waals surface area (Å²) in [5.74, 6) is -0.356. The first-order valence-electron chi connectivity index (χ1n) is 6.67. The Kier molecular flexibility index (Phi) is 3.75. The number of amides is 1. The van der Waals surface area contributed by atoms with Crippen molar-refractivity contribution in [2.75, 3.05) is 19.7 Å². The van der Waals surface area contributed by atoms with Crippen LogP contribution in [0.4, 0.5) is 13.2 Å². The molecule has 0 unspecified atom stereocenters. The Balaban J connectivity index is 1.83. The fraction of sp³-hybridized carbons (Fsp3) is 0.545. The van der Waals surface area contributed by atoms with Gasteiger partial charge in [0.1, 0.15) is 6.33 Å². The van der Waals surface area contributed by atoms with E-state index in [2.05, 4.69) is 20.0 Å². The third-order valence-electron chi connectivity index (χ3n) is 3.33. The molecule has 0 bridgehead atoms. The fourth-order valence-electron chi connectivity index (χ4n) is 2.04. The molecule has 0 atom stereocenters. The van der Waals surface area contributed by atoms with Crippen LogP contribution < -0.4 is 5.69 Å². The number of carbonyl (C=O) groups is 1. The van der Waals surface area contributed by atoms with E-state index in [0.717, 1.165) is 17.1 Å². The number of rotatable bonds is 4. The second kappa shape index (κ2) is 5.61. The van der Waals surface area contributed by atoms with Crippen LogP contribution in [-0.2, 0) is 11.3 Å². The van der Waals surface area contributed by atoms with E-state index in [9.17, 15) is 22.8 Å². The molecule has 0 aliphatic carbocycles. The minimum atomic E-state index is -4.78. The number of aromatic nitrogens is 5. The topological polar surface area (TPSA) is 94.6 Å². The molecule has 3 heterocycles. The Bertz CT molecular complexity index is 794. The third-order valence-corrected chi connectivity index (χ3v) is 3.33. The number of imidazole rings is 1. The van der Waals surface area contributed by atoms with Gasteiger partial charge in [0.25, 0.3) is 5.91 Å². The van der Waals surface area contributed by atoms with Gasteiger partial charge >= 0.3 is 12.1 Å². The van der Waals surface area contributed by atoms with Gasteiger partial charge in [0.15, 0.2) is 11.3 Å².